The van der Waals surface area contributed by atoms with Crippen LogP contribution >= 0.6 is 0 Å². The first kappa shape index (κ1) is 16.7. The molecule has 0 aliphatic carbocycles. The van der Waals surface area contributed by atoms with Gasteiger partial charge in [0.05, 0.1) is 10.9 Å². The molecular formula is C18H17N3O4. The summed E-state index contributed by atoms with van der Waals surface area (Å²) in [6.45, 7) is 0.402. The van der Waals surface area contributed by atoms with Crippen molar-refractivity contribution in [3.8, 4) is 0 Å². The lowest BCUT2D eigenvalue weighted by Gasteiger charge is -2.16. The molecular weight excluding hydrogens is 322 g/mol. The van der Waals surface area contributed by atoms with Crippen LogP contribution in [0.15, 0.2) is 54.7 Å². The van der Waals surface area contributed by atoms with E-state index in [1.165, 1.54) is 12.1 Å². The second kappa shape index (κ2) is 7.14. The molecule has 0 spiro atoms. The lowest BCUT2D eigenvalue weighted by Crippen LogP contribution is -2.92. The number of nitro groups is 1. The van der Waals surface area contributed by atoms with Crippen LogP contribution in [0, 0.1) is 10.1 Å². The van der Waals surface area contributed by atoms with Crippen LogP contribution in [0.5, 0.6) is 0 Å². The third-order valence-corrected chi connectivity index (χ3v) is 4.20. The summed E-state index contributed by atoms with van der Waals surface area (Å²) < 4.78 is 0. The number of hydrogen-bond donors (Lipinski definition) is 2. The number of aliphatic carboxylic acids is 1. The number of nitrogens with two attached hydrogens (primary N) is 1. The molecule has 0 aliphatic heterocycles. The van der Waals surface area contributed by atoms with Crippen molar-refractivity contribution in [2.75, 3.05) is 0 Å². The summed E-state index contributed by atoms with van der Waals surface area (Å²) in [4.78, 5) is 24.8. The molecule has 0 fully saturated rings. The van der Waals surface area contributed by atoms with Crippen LogP contribution in [-0.2, 0) is 17.8 Å². The standard InChI is InChI=1S/C18H17N3O4/c22-18(23)17(9-13-11-20-16-4-2-1-3-15(13)16)19-10-12-5-7-14(8-6-12)21(24)25/h1-8,11,17,19-20H,9-10H2,(H,22,23)/t17-/m1/s1. The fraction of sp³-hybridized carbons (Fsp3) is 0.167. The number of nitro benzene ring substituents is 1. The number of nitrogens with one attached hydrogen (secondary N) is 1. The van der Waals surface area contributed by atoms with E-state index in [0.717, 1.165) is 22.0 Å². The minimum absolute atomic E-state index is 0.0130. The molecule has 3 rings (SSSR count). The van der Waals surface area contributed by atoms with Gasteiger partial charge in [0, 0.05) is 41.2 Å². The van der Waals surface area contributed by atoms with E-state index >= 15 is 0 Å². The molecule has 1 heterocycles. The highest BCUT2D eigenvalue weighted by molar-refractivity contribution is 5.83. The third-order valence-electron chi connectivity index (χ3n) is 4.20. The number of carbonyl (C=O) groups excluding carboxylic acids is 1. The van der Waals surface area contributed by atoms with Gasteiger partial charge in [-0.3, -0.25) is 10.1 Å². The highest BCUT2D eigenvalue weighted by Crippen LogP contribution is 2.18. The molecule has 0 unspecified atom stereocenters. The number of nitrogens with zero attached hydrogens (tertiary/aromatic N) is 1. The Balaban J connectivity index is 1.69. The van der Waals surface area contributed by atoms with Crippen molar-refractivity contribution in [3.63, 3.8) is 0 Å². The summed E-state index contributed by atoms with van der Waals surface area (Å²) in [7, 11) is 0. The fourth-order valence-electron chi connectivity index (χ4n) is 2.83. The predicted molar refractivity (Wildman–Crippen MR) is 89.5 cm³/mol. The van der Waals surface area contributed by atoms with Crippen molar-refractivity contribution in [2.24, 2.45) is 0 Å². The first-order valence-corrected chi connectivity index (χ1v) is 7.87. The molecule has 25 heavy (non-hydrogen) atoms. The van der Waals surface area contributed by atoms with E-state index in [4.69, 9.17) is 0 Å². The van der Waals surface area contributed by atoms with Crippen molar-refractivity contribution in [3.05, 3.63) is 76.0 Å². The SMILES string of the molecule is O=C([O-])[C@@H](Cc1c[nH]c2ccccc12)[NH2+]Cc1ccc([N+](=O)[O-])cc1. The van der Waals surface area contributed by atoms with Crippen LogP contribution in [0.4, 0.5) is 5.69 Å². The van der Waals surface area contributed by atoms with Crippen LogP contribution in [0.3, 0.4) is 0 Å². The number of para-hydroxylation sites is 1. The summed E-state index contributed by atoms with van der Waals surface area (Å²) in [5.41, 5.74) is 2.71. The molecule has 0 saturated carbocycles. The number of carbonyl (C=O) groups is 1. The second-order valence-corrected chi connectivity index (χ2v) is 5.85. The Labute approximate surface area is 143 Å². The molecule has 0 amide bonds. The molecule has 128 valence electrons. The van der Waals surface area contributed by atoms with Crippen molar-refractivity contribution in [1.29, 1.82) is 0 Å². The molecule has 1 aromatic heterocycles. The summed E-state index contributed by atoms with van der Waals surface area (Å²) in [5, 5.41) is 24.8. The summed E-state index contributed by atoms with van der Waals surface area (Å²) in [6.07, 6.45) is 2.15. The number of carboxylic acid groups (broad SMARTS) is 1. The number of carboxylic acids is 1. The Kier molecular flexibility index (Phi) is 4.76. The molecule has 3 N–H and O–H groups in total. The number of benzene rings is 2. The molecule has 7 heteroatoms. The zero-order chi connectivity index (χ0) is 17.8. The molecule has 2 aromatic carbocycles. The maximum Gasteiger partial charge on any atom is 0.269 e. The molecule has 3 aromatic rings. The first-order valence-electron chi connectivity index (χ1n) is 7.87. The van der Waals surface area contributed by atoms with E-state index in [2.05, 4.69) is 4.98 Å². The Hall–Kier alpha value is -3.19. The highest BCUT2D eigenvalue weighted by atomic mass is 16.6. The fourth-order valence-corrected chi connectivity index (χ4v) is 2.83. The lowest BCUT2D eigenvalue weighted by molar-refractivity contribution is -0.698. The van der Waals surface area contributed by atoms with Crippen LogP contribution in [0.2, 0.25) is 0 Å². The van der Waals surface area contributed by atoms with Gasteiger partial charge >= 0.3 is 0 Å². The van der Waals surface area contributed by atoms with E-state index in [1.807, 2.05) is 30.5 Å². The number of non-ortho nitro benzene ring substituents is 1. The predicted octanol–water partition coefficient (Wildman–Crippen LogP) is 0.501. The number of aromatic amines is 1. The third kappa shape index (κ3) is 3.84. The van der Waals surface area contributed by atoms with E-state index < -0.39 is 16.9 Å². The van der Waals surface area contributed by atoms with Gasteiger partial charge in [0.15, 0.2) is 0 Å². The summed E-state index contributed by atoms with van der Waals surface area (Å²) in [5.74, 6) is -1.13. The average Bonchev–Trinajstić information content (AvgIpc) is 3.01. The smallest absolute Gasteiger partial charge is 0.269 e. The molecule has 0 radical (unpaired) electrons. The number of hydrogen-bond acceptors (Lipinski definition) is 4. The number of aromatic nitrogens is 1. The largest absolute Gasteiger partial charge is 0.544 e. The number of rotatable bonds is 7. The monoisotopic (exact) mass is 339 g/mol. The quantitative estimate of drug-likeness (QED) is 0.481. The van der Waals surface area contributed by atoms with Gasteiger partial charge in [-0.15, -0.1) is 0 Å². The minimum Gasteiger partial charge on any atom is -0.544 e. The normalized spacial score (nSPS) is 12.2. The van der Waals surface area contributed by atoms with Crippen molar-refractivity contribution in [1.82, 2.24) is 4.98 Å². The molecule has 1 atom stereocenters. The minimum atomic E-state index is -1.13. The maximum absolute atomic E-state index is 11.5. The van der Waals surface area contributed by atoms with Crippen LogP contribution in [0.25, 0.3) is 10.9 Å². The van der Waals surface area contributed by atoms with Gasteiger partial charge < -0.3 is 20.2 Å². The van der Waals surface area contributed by atoms with Crippen LogP contribution in [-0.4, -0.2) is 21.9 Å². The highest BCUT2D eigenvalue weighted by Gasteiger charge is 2.17. The Morgan fingerprint density at radius 1 is 1.16 bits per heavy atom. The van der Waals surface area contributed by atoms with Crippen LogP contribution < -0.4 is 10.4 Å². The number of H-pyrrole nitrogens is 1. The van der Waals surface area contributed by atoms with E-state index in [9.17, 15) is 20.0 Å². The van der Waals surface area contributed by atoms with Crippen molar-refractivity contribution < 1.29 is 20.1 Å². The number of fused-ring (bicyclic) bond motifs is 1. The van der Waals surface area contributed by atoms with E-state index in [-0.39, 0.29) is 5.69 Å². The number of quaternary nitrogens is 1. The molecule has 0 aliphatic rings. The Morgan fingerprint density at radius 2 is 1.88 bits per heavy atom. The van der Waals surface area contributed by atoms with Crippen molar-refractivity contribution in [2.45, 2.75) is 19.0 Å². The van der Waals surface area contributed by atoms with Crippen molar-refractivity contribution >= 4 is 22.6 Å². The summed E-state index contributed by atoms with van der Waals surface area (Å²) >= 11 is 0. The van der Waals surface area contributed by atoms with Gasteiger partial charge in [-0.25, -0.2) is 0 Å². The van der Waals surface area contributed by atoms with Gasteiger partial charge in [0.25, 0.3) is 5.69 Å². The Morgan fingerprint density at radius 3 is 2.56 bits per heavy atom. The zero-order valence-electron chi connectivity index (χ0n) is 13.3. The Bertz CT molecular complexity index is 902. The van der Waals surface area contributed by atoms with E-state index in [1.54, 1.807) is 17.4 Å². The summed E-state index contributed by atoms with van der Waals surface area (Å²) in [6, 6.07) is 13.1. The maximum atomic E-state index is 11.5. The van der Waals surface area contributed by atoms with Crippen LogP contribution in [0.1, 0.15) is 11.1 Å². The average molecular weight is 339 g/mol. The zero-order valence-corrected chi connectivity index (χ0v) is 13.3. The van der Waals surface area contributed by atoms with E-state index in [0.29, 0.717) is 13.0 Å². The first-order chi connectivity index (χ1) is 12.0. The van der Waals surface area contributed by atoms with Gasteiger partial charge in [0.1, 0.15) is 12.6 Å². The van der Waals surface area contributed by atoms with Gasteiger partial charge in [-0.05, 0) is 23.8 Å². The molecule has 0 bridgehead atoms. The van der Waals surface area contributed by atoms with Gasteiger partial charge in [-0.1, -0.05) is 18.2 Å². The van der Waals surface area contributed by atoms with Gasteiger partial charge in [0.2, 0.25) is 0 Å². The lowest BCUT2D eigenvalue weighted by atomic mass is 10.0. The van der Waals surface area contributed by atoms with Gasteiger partial charge in [-0.2, -0.15) is 0 Å². The second-order valence-electron chi connectivity index (χ2n) is 5.85. The molecule has 7 nitrogen and oxygen atoms in total. The topological polar surface area (TPSA) is 116 Å². The molecule has 0 saturated heterocycles.